The Labute approximate surface area is 156 Å². The maximum atomic E-state index is 12.8. The zero-order chi connectivity index (χ0) is 19.6. The molecule has 0 bridgehead atoms. The number of carbonyl (C=O) groups is 3. The molecule has 0 spiro atoms. The smallest absolute Gasteiger partial charge is 0.264 e. The summed E-state index contributed by atoms with van der Waals surface area (Å²) < 4.78 is 10.6. The molecule has 0 fully saturated rings. The number of methoxy groups -OCH3 is 1. The third kappa shape index (κ3) is 3.46. The number of rotatable bonds is 6. The second kappa shape index (κ2) is 7.45. The third-order valence-corrected chi connectivity index (χ3v) is 4.01. The van der Waals surface area contributed by atoms with Crippen LogP contribution in [-0.2, 0) is 11.3 Å². The summed E-state index contributed by atoms with van der Waals surface area (Å²) >= 11 is 0. The van der Waals surface area contributed by atoms with E-state index in [0.29, 0.717) is 29.6 Å². The van der Waals surface area contributed by atoms with Gasteiger partial charge in [-0.1, -0.05) is 6.07 Å². The van der Waals surface area contributed by atoms with Crippen molar-refractivity contribution >= 4 is 23.4 Å². The summed E-state index contributed by atoms with van der Waals surface area (Å²) in [6.07, 6.45) is 0. The van der Waals surface area contributed by atoms with E-state index in [9.17, 15) is 14.4 Å². The molecule has 0 radical (unpaired) electrons. The Morgan fingerprint density at radius 3 is 2.63 bits per heavy atom. The van der Waals surface area contributed by atoms with Gasteiger partial charge in [0.2, 0.25) is 5.91 Å². The van der Waals surface area contributed by atoms with Crippen molar-refractivity contribution in [2.75, 3.05) is 19.0 Å². The Hall–Kier alpha value is -3.42. The van der Waals surface area contributed by atoms with E-state index in [1.54, 1.807) is 30.3 Å². The van der Waals surface area contributed by atoms with Crippen LogP contribution in [0, 0.1) is 0 Å². The first-order valence-corrected chi connectivity index (χ1v) is 8.39. The monoisotopic (exact) mass is 369 g/mol. The first-order valence-electron chi connectivity index (χ1n) is 8.39. The van der Waals surface area contributed by atoms with Crippen molar-refractivity contribution in [3.63, 3.8) is 0 Å². The average Bonchev–Trinajstić information content (AvgIpc) is 2.88. The zero-order valence-electron chi connectivity index (χ0n) is 15.2. The van der Waals surface area contributed by atoms with Gasteiger partial charge in [0, 0.05) is 6.92 Å². The summed E-state index contributed by atoms with van der Waals surface area (Å²) in [4.78, 5) is 42.3. The quantitative estimate of drug-likeness (QED) is 0.784. The molecular formula is C19H19N3O5. The number of aromatic nitrogens is 1. The highest BCUT2D eigenvalue weighted by atomic mass is 16.5. The molecular weight excluding hydrogens is 350 g/mol. The standard InChI is InChI=1S/C19H19N3O5/c1-4-27-17-15(26-3)9-8-12(21-17)10-22-18(24)13-6-5-7-14(20-11(2)23)16(13)19(22)25/h5-9H,4,10H2,1-3H3,(H,20,23). The Morgan fingerprint density at radius 1 is 1.19 bits per heavy atom. The van der Waals surface area contributed by atoms with Crippen LogP contribution in [0.4, 0.5) is 5.69 Å². The van der Waals surface area contributed by atoms with Gasteiger partial charge < -0.3 is 14.8 Å². The number of benzene rings is 1. The highest BCUT2D eigenvalue weighted by molar-refractivity contribution is 6.24. The van der Waals surface area contributed by atoms with Gasteiger partial charge in [0.15, 0.2) is 5.75 Å². The molecule has 0 saturated carbocycles. The molecule has 1 N–H and O–H groups in total. The van der Waals surface area contributed by atoms with Crippen LogP contribution in [0.25, 0.3) is 0 Å². The lowest BCUT2D eigenvalue weighted by Gasteiger charge is -2.15. The highest BCUT2D eigenvalue weighted by Gasteiger charge is 2.37. The first kappa shape index (κ1) is 18.4. The maximum absolute atomic E-state index is 12.8. The number of carbonyl (C=O) groups excluding carboxylic acids is 3. The molecule has 1 aromatic carbocycles. The van der Waals surface area contributed by atoms with E-state index in [0.717, 1.165) is 4.90 Å². The minimum Gasteiger partial charge on any atom is -0.491 e. The van der Waals surface area contributed by atoms with Crippen molar-refractivity contribution in [2.24, 2.45) is 0 Å². The molecule has 3 amide bonds. The van der Waals surface area contributed by atoms with Crippen LogP contribution >= 0.6 is 0 Å². The molecule has 0 unspecified atom stereocenters. The topological polar surface area (TPSA) is 97.8 Å². The Kier molecular flexibility index (Phi) is 5.07. The number of fused-ring (bicyclic) bond motifs is 1. The SMILES string of the molecule is CCOc1nc(CN2C(=O)c3cccc(NC(C)=O)c3C2=O)ccc1OC. The van der Waals surface area contributed by atoms with E-state index in [4.69, 9.17) is 9.47 Å². The van der Waals surface area contributed by atoms with Gasteiger partial charge in [0.25, 0.3) is 17.7 Å². The fraction of sp³-hybridized carbons (Fsp3) is 0.263. The third-order valence-electron chi connectivity index (χ3n) is 4.01. The molecule has 1 aromatic heterocycles. The molecule has 2 aromatic rings. The van der Waals surface area contributed by atoms with Crippen molar-refractivity contribution in [1.82, 2.24) is 9.88 Å². The van der Waals surface area contributed by atoms with Crippen LogP contribution in [0.15, 0.2) is 30.3 Å². The summed E-state index contributed by atoms with van der Waals surface area (Å²) in [6.45, 7) is 3.55. The number of hydrogen-bond acceptors (Lipinski definition) is 6. The molecule has 0 aliphatic carbocycles. The maximum Gasteiger partial charge on any atom is 0.264 e. The number of pyridine rings is 1. The fourth-order valence-corrected chi connectivity index (χ4v) is 2.88. The number of anilines is 1. The predicted octanol–water partition coefficient (Wildman–Crippen LogP) is 2.24. The van der Waals surface area contributed by atoms with Crippen LogP contribution in [0.2, 0.25) is 0 Å². The summed E-state index contributed by atoms with van der Waals surface area (Å²) in [5, 5.41) is 2.59. The predicted molar refractivity (Wildman–Crippen MR) is 96.9 cm³/mol. The minimum atomic E-state index is -0.477. The molecule has 1 aliphatic rings. The Balaban J connectivity index is 1.91. The van der Waals surface area contributed by atoms with Crippen molar-refractivity contribution < 1.29 is 23.9 Å². The van der Waals surface area contributed by atoms with E-state index in [-0.39, 0.29) is 23.6 Å². The van der Waals surface area contributed by atoms with Crippen molar-refractivity contribution in [3.8, 4) is 11.6 Å². The summed E-state index contributed by atoms with van der Waals surface area (Å²) in [5.41, 5.74) is 1.24. The van der Waals surface area contributed by atoms with E-state index in [1.807, 2.05) is 6.92 Å². The van der Waals surface area contributed by atoms with Gasteiger partial charge in [-0.15, -0.1) is 0 Å². The molecule has 8 nitrogen and oxygen atoms in total. The van der Waals surface area contributed by atoms with Gasteiger partial charge >= 0.3 is 0 Å². The molecule has 3 rings (SSSR count). The van der Waals surface area contributed by atoms with Gasteiger partial charge in [0.05, 0.1) is 42.8 Å². The summed E-state index contributed by atoms with van der Waals surface area (Å²) in [5.74, 6) is -0.461. The van der Waals surface area contributed by atoms with E-state index in [1.165, 1.54) is 14.0 Å². The normalized spacial score (nSPS) is 12.8. The Morgan fingerprint density at radius 2 is 1.96 bits per heavy atom. The van der Waals surface area contributed by atoms with E-state index >= 15 is 0 Å². The van der Waals surface area contributed by atoms with Crippen LogP contribution < -0.4 is 14.8 Å². The molecule has 0 saturated heterocycles. The molecule has 8 heteroatoms. The minimum absolute atomic E-state index is 0.0179. The lowest BCUT2D eigenvalue weighted by molar-refractivity contribution is -0.114. The number of nitrogens with zero attached hydrogens (tertiary/aromatic N) is 2. The molecule has 2 heterocycles. The number of amides is 3. The van der Waals surface area contributed by atoms with Crippen LogP contribution in [0.3, 0.4) is 0 Å². The van der Waals surface area contributed by atoms with Gasteiger partial charge in [-0.2, -0.15) is 0 Å². The first-order chi connectivity index (χ1) is 13.0. The number of imide groups is 1. The zero-order valence-corrected chi connectivity index (χ0v) is 15.2. The number of nitrogens with one attached hydrogen (secondary N) is 1. The molecule has 140 valence electrons. The summed E-state index contributed by atoms with van der Waals surface area (Å²) in [6, 6.07) is 8.12. The van der Waals surface area contributed by atoms with E-state index < -0.39 is 11.8 Å². The van der Waals surface area contributed by atoms with Gasteiger partial charge in [0.1, 0.15) is 0 Å². The second-order valence-electron chi connectivity index (χ2n) is 5.85. The Bertz CT molecular complexity index is 926. The highest BCUT2D eigenvalue weighted by Crippen LogP contribution is 2.31. The second-order valence-corrected chi connectivity index (χ2v) is 5.85. The fourth-order valence-electron chi connectivity index (χ4n) is 2.88. The lowest BCUT2D eigenvalue weighted by atomic mass is 10.1. The van der Waals surface area contributed by atoms with E-state index in [2.05, 4.69) is 10.3 Å². The van der Waals surface area contributed by atoms with Crippen molar-refractivity contribution in [2.45, 2.75) is 20.4 Å². The van der Waals surface area contributed by atoms with Crippen molar-refractivity contribution in [1.29, 1.82) is 0 Å². The van der Waals surface area contributed by atoms with Crippen molar-refractivity contribution in [3.05, 3.63) is 47.2 Å². The average molecular weight is 369 g/mol. The van der Waals surface area contributed by atoms with Crippen LogP contribution in [-0.4, -0.2) is 41.3 Å². The largest absolute Gasteiger partial charge is 0.491 e. The lowest BCUT2D eigenvalue weighted by Crippen LogP contribution is -2.29. The van der Waals surface area contributed by atoms with Crippen LogP contribution in [0.5, 0.6) is 11.6 Å². The molecule has 27 heavy (non-hydrogen) atoms. The van der Waals surface area contributed by atoms with Gasteiger partial charge in [-0.3, -0.25) is 19.3 Å². The van der Waals surface area contributed by atoms with Gasteiger partial charge in [-0.05, 0) is 31.2 Å². The molecule has 1 aliphatic heterocycles. The summed E-state index contributed by atoms with van der Waals surface area (Å²) in [7, 11) is 1.51. The molecule has 0 atom stereocenters. The number of ether oxygens (including phenoxy) is 2. The number of hydrogen-bond donors (Lipinski definition) is 1. The van der Waals surface area contributed by atoms with Gasteiger partial charge in [-0.25, -0.2) is 4.98 Å². The van der Waals surface area contributed by atoms with Crippen LogP contribution in [0.1, 0.15) is 40.3 Å².